The Morgan fingerprint density at radius 1 is 1.19 bits per heavy atom. The number of piperazine rings is 1. The zero-order valence-corrected chi connectivity index (χ0v) is 12.4. The molecule has 2 N–H and O–H groups in total. The molecular formula is C15H21F2N3O. The molecule has 1 aromatic carbocycles. The fourth-order valence-electron chi connectivity index (χ4n) is 2.65. The SMILES string of the molecule is CC(N)C(=O)N1CCN(C(C)c2ccc(F)cc2F)CC1. The number of amides is 1. The van der Waals surface area contributed by atoms with E-state index in [0.717, 1.165) is 6.07 Å². The predicted octanol–water partition coefficient (Wildman–Crippen LogP) is 1.52. The maximum atomic E-state index is 13.8. The minimum Gasteiger partial charge on any atom is -0.339 e. The first kappa shape index (κ1) is 15.9. The number of carbonyl (C=O) groups excluding carboxylic acids is 1. The second kappa shape index (κ2) is 6.49. The van der Waals surface area contributed by atoms with Crippen LogP contribution in [0.5, 0.6) is 0 Å². The van der Waals surface area contributed by atoms with E-state index in [-0.39, 0.29) is 11.9 Å². The lowest BCUT2D eigenvalue weighted by atomic mass is 10.1. The Bertz CT molecular complexity index is 514. The van der Waals surface area contributed by atoms with Gasteiger partial charge in [-0.15, -0.1) is 0 Å². The molecule has 0 bridgehead atoms. The molecule has 116 valence electrons. The molecule has 1 heterocycles. The van der Waals surface area contributed by atoms with Crippen LogP contribution in [0.2, 0.25) is 0 Å². The second-order valence-electron chi connectivity index (χ2n) is 5.49. The van der Waals surface area contributed by atoms with Gasteiger partial charge in [0, 0.05) is 43.9 Å². The highest BCUT2D eigenvalue weighted by atomic mass is 19.1. The van der Waals surface area contributed by atoms with Crippen molar-refractivity contribution in [2.24, 2.45) is 5.73 Å². The summed E-state index contributed by atoms with van der Waals surface area (Å²) < 4.78 is 26.8. The van der Waals surface area contributed by atoms with Crippen LogP contribution in [-0.4, -0.2) is 47.9 Å². The van der Waals surface area contributed by atoms with Crippen LogP contribution in [0.25, 0.3) is 0 Å². The van der Waals surface area contributed by atoms with Gasteiger partial charge in [0.1, 0.15) is 11.6 Å². The van der Waals surface area contributed by atoms with E-state index in [1.807, 2.05) is 6.92 Å². The van der Waals surface area contributed by atoms with Gasteiger partial charge in [-0.3, -0.25) is 9.69 Å². The van der Waals surface area contributed by atoms with Crippen molar-refractivity contribution in [3.05, 3.63) is 35.4 Å². The molecule has 0 radical (unpaired) electrons. The zero-order valence-electron chi connectivity index (χ0n) is 12.4. The average molecular weight is 297 g/mol. The normalized spacial score (nSPS) is 19.4. The third kappa shape index (κ3) is 3.57. The van der Waals surface area contributed by atoms with Crippen molar-refractivity contribution in [3.63, 3.8) is 0 Å². The van der Waals surface area contributed by atoms with Crippen LogP contribution in [0.15, 0.2) is 18.2 Å². The average Bonchev–Trinajstić information content (AvgIpc) is 2.46. The Morgan fingerprint density at radius 2 is 1.81 bits per heavy atom. The van der Waals surface area contributed by atoms with Gasteiger partial charge >= 0.3 is 0 Å². The molecule has 0 saturated carbocycles. The van der Waals surface area contributed by atoms with Gasteiger partial charge in [-0.25, -0.2) is 8.78 Å². The minimum absolute atomic E-state index is 0.0599. The summed E-state index contributed by atoms with van der Waals surface area (Å²) in [5.41, 5.74) is 6.07. The molecule has 21 heavy (non-hydrogen) atoms. The van der Waals surface area contributed by atoms with Crippen molar-refractivity contribution in [1.29, 1.82) is 0 Å². The van der Waals surface area contributed by atoms with Gasteiger partial charge in [-0.1, -0.05) is 6.07 Å². The molecular weight excluding hydrogens is 276 g/mol. The van der Waals surface area contributed by atoms with Gasteiger partial charge in [0.05, 0.1) is 6.04 Å². The molecule has 6 heteroatoms. The summed E-state index contributed by atoms with van der Waals surface area (Å²) in [5.74, 6) is -1.16. The summed E-state index contributed by atoms with van der Waals surface area (Å²) in [6.07, 6.45) is 0. The number of halogens is 2. The Kier molecular flexibility index (Phi) is 4.90. The first-order chi connectivity index (χ1) is 9.90. The van der Waals surface area contributed by atoms with Gasteiger partial charge in [0.15, 0.2) is 0 Å². The number of carbonyl (C=O) groups is 1. The fraction of sp³-hybridized carbons (Fsp3) is 0.533. The predicted molar refractivity (Wildman–Crippen MR) is 76.6 cm³/mol. The maximum absolute atomic E-state index is 13.8. The Labute approximate surface area is 123 Å². The molecule has 1 saturated heterocycles. The number of nitrogens with two attached hydrogens (primary N) is 1. The maximum Gasteiger partial charge on any atom is 0.239 e. The lowest BCUT2D eigenvalue weighted by molar-refractivity contribution is -0.134. The van der Waals surface area contributed by atoms with E-state index in [2.05, 4.69) is 4.90 Å². The zero-order chi connectivity index (χ0) is 15.6. The van der Waals surface area contributed by atoms with Crippen LogP contribution in [0.3, 0.4) is 0 Å². The largest absolute Gasteiger partial charge is 0.339 e. The lowest BCUT2D eigenvalue weighted by Gasteiger charge is -2.38. The van der Waals surface area contributed by atoms with Gasteiger partial charge in [0.2, 0.25) is 5.91 Å². The summed E-state index contributed by atoms with van der Waals surface area (Å²) in [6.45, 7) is 6.01. The highest BCUT2D eigenvalue weighted by Crippen LogP contribution is 2.24. The number of hydrogen-bond donors (Lipinski definition) is 1. The molecule has 2 unspecified atom stereocenters. The second-order valence-corrected chi connectivity index (χ2v) is 5.49. The van der Waals surface area contributed by atoms with E-state index in [0.29, 0.717) is 31.7 Å². The van der Waals surface area contributed by atoms with Crippen molar-refractivity contribution in [3.8, 4) is 0 Å². The molecule has 0 spiro atoms. The number of nitrogens with zero attached hydrogens (tertiary/aromatic N) is 2. The number of rotatable bonds is 3. The Morgan fingerprint density at radius 3 is 2.33 bits per heavy atom. The molecule has 0 aromatic heterocycles. The monoisotopic (exact) mass is 297 g/mol. The molecule has 1 aromatic rings. The summed E-state index contributed by atoms with van der Waals surface area (Å²) in [7, 11) is 0. The smallest absolute Gasteiger partial charge is 0.239 e. The van der Waals surface area contributed by atoms with Crippen LogP contribution < -0.4 is 5.73 Å². The highest BCUT2D eigenvalue weighted by Gasteiger charge is 2.27. The topological polar surface area (TPSA) is 49.6 Å². The van der Waals surface area contributed by atoms with E-state index in [1.165, 1.54) is 12.1 Å². The summed E-state index contributed by atoms with van der Waals surface area (Å²) >= 11 is 0. The molecule has 2 rings (SSSR count). The van der Waals surface area contributed by atoms with Crippen LogP contribution in [-0.2, 0) is 4.79 Å². The Hall–Kier alpha value is -1.53. The van der Waals surface area contributed by atoms with Crippen LogP contribution in [0.1, 0.15) is 25.5 Å². The standard InChI is InChI=1S/C15H21F2N3O/c1-10(18)15(21)20-7-5-19(6-8-20)11(2)13-4-3-12(16)9-14(13)17/h3-4,9-11H,5-8,18H2,1-2H3. The van der Waals surface area contributed by atoms with Crippen molar-refractivity contribution >= 4 is 5.91 Å². The molecule has 1 aliphatic heterocycles. The molecule has 2 atom stereocenters. The van der Waals surface area contributed by atoms with Crippen molar-refractivity contribution in [1.82, 2.24) is 9.80 Å². The van der Waals surface area contributed by atoms with E-state index in [9.17, 15) is 13.6 Å². The van der Waals surface area contributed by atoms with E-state index in [1.54, 1.807) is 11.8 Å². The van der Waals surface area contributed by atoms with Gasteiger partial charge < -0.3 is 10.6 Å². The Balaban J connectivity index is 2.00. The van der Waals surface area contributed by atoms with Crippen molar-refractivity contribution in [2.75, 3.05) is 26.2 Å². The molecule has 4 nitrogen and oxygen atoms in total. The van der Waals surface area contributed by atoms with Gasteiger partial charge in [-0.05, 0) is 19.9 Å². The first-order valence-corrected chi connectivity index (χ1v) is 7.13. The molecule has 1 fully saturated rings. The van der Waals surface area contributed by atoms with E-state index < -0.39 is 17.7 Å². The lowest BCUT2D eigenvalue weighted by Crippen LogP contribution is -2.52. The third-order valence-electron chi connectivity index (χ3n) is 3.98. The minimum atomic E-state index is -0.573. The number of benzene rings is 1. The van der Waals surface area contributed by atoms with Crippen molar-refractivity contribution in [2.45, 2.75) is 25.9 Å². The molecule has 0 aliphatic carbocycles. The summed E-state index contributed by atoms with van der Waals surface area (Å²) in [5, 5.41) is 0. The first-order valence-electron chi connectivity index (χ1n) is 7.13. The summed E-state index contributed by atoms with van der Waals surface area (Å²) in [4.78, 5) is 15.6. The molecule has 1 amide bonds. The van der Waals surface area contributed by atoms with E-state index in [4.69, 9.17) is 5.73 Å². The fourth-order valence-corrected chi connectivity index (χ4v) is 2.65. The van der Waals surface area contributed by atoms with E-state index >= 15 is 0 Å². The van der Waals surface area contributed by atoms with Crippen LogP contribution in [0, 0.1) is 11.6 Å². The van der Waals surface area contributed by atoms with Gasteiger partial charge in [0.25, 0.3) is 0 Å². The summed E-state index contributed by atoms with van der Waals surface area (Å²) in [6, 6.07) is 3.00. The highest BCUT2D eigenvalue weighted by molar-refractivity contribution is 5.81. The number of hydrogen-bond acceptors (Lipinski definition) is 3. The van der Waals surface area contributed by atoms with Crippen molar-refractivity contribution < 1.29 is 13.6 Å². The molecule has 1 aliphatic rings. The van der Waals surface area contributed by atoms with Crippen LogP contribution >= 0.6 is 0 Å². The van der Waals surface area contributed by atoms with Gasteiger partial charge in [-0.2, -0.15) is 0 Å². The quantitative estimate of drug-likeness (QED) is 0.920. The van der Waals surface area contributed by atoms with Crippen LogP contribution in [0.4, 0.5) is 8.78 Å². The third-order valence-corrected chi connectivity index (χ3v) is 3.98.